The summed E-state index contributed by atoms with van der Waals surface area (Å²) < 4.78 is 0. The molecule has 0 aromatic carbocycles. The van der Waals surface area contributed by atoms with Crippen LogP contribution in [0.25, 0.3) is 0 Å². The molecule has 0 fully saturated rings. The molecule has 0 amide bonds. The van der Waals surface area contributed by atoms with Gasteiger partial charge in [-0.1, -0.05) is 29.9 Å². The van der Waals surface area contributed by atoms with Gasteiger partial charge in [0.2, 0.25) is 0 Å². The second-order valence-corrected chi connectivity index (χ2v) is 4.28. The minimum Gasteiger partial charge on any atom is -0.389 e. The smallest absolute Gasteiger partial charge is 0.165 e. The lowest BCUT2D eigenvalue weighted by molar-refractivity contribution is -0.120. The van der Waals surface area contributed by atoms with E-state index in [0.29, 0.717) is 6.42 Å². The van der Waals surface area contributed by atoms with Gasteiger partial charge in [0.25, 0.3) is 0 Å². The van der Waals surface area contributed by atoms with Crippen LogP contribution in [0.4, 0.5) is 0 Å². The highest BCUT2D eigenvalue weighted by atomic mass is 16.3. The van der Waals surface area contributed by atoms with Crippen molar-refractivity contribution in [2.24, 2.45) is 0 Å². The molecule has 1 unspecified atom stereocenters. The summed E-state index contributed by atoms with van der Waals surface area (Å²) in [4.78, 5) is 11.7. The van der Waals surface area contributed by atoms with Crippen molar-refractivity contribution < 1.29 is 9.90 Å². The van der Waals surface area contributed by atoms with Gasteiger partial charge in [-0.3, -0.25) is 4.79 Å². The van der Waals surface area contributed by atoms with Gasteiger partial charge in [-0.25, -0.2) is 0 Å². The fourth-order valence-electron chi connectivity index (χ4n) is 2.09. The Morgan fingerprint density at radius 2 is 2.14 bits per heavy atom. The molecule has 0 aromatic heterocycles. The van der Waals surface area contributed by atoms with Gasteiger partial charge in [0, 0.05) is 12.0 Å². The Bertz CT molecular complexity index is 357. The third-order valence-corrected chi connectivity index (χ3v) is 2.69. The molecule has 2 heteroatoms. The first-order valence-electron chi connectivity index (χ1n) is 4.89. The molecule has 0 saturated carbocycles. The van der Waals surface area contributed by atoms with Gasteiger partial charge in [0.1, 0.15) is 0 Å². The summed E-state index contributed by atoms with van der Waals surface area (Å²) in [7, 11) is 0. The highest BCUT2D eigenvalue weighted by Crippen LogP contribution is 2.33. The van der Waals surface area contributed by atoms with Crippen LogP contribution >= 0.6 is 0 Å². The summed E-state index contributed by atoms with van der Waals surface area (Å²) in [5, 5.41) is 9.87. The molecule has 2 aliphatic rings. The third kappa shape index (κ3) is 1.70. The van der Waals surface area contributed by atoms with Crippen molar-refractivity contribution in [2.45, 2.75) is 31.8 Å². The Labute approximate surface area is 83.6 Å². The molecule has 0 aliphatic heterocycles. The van der Waals surface area contributed by atoms with E-state index in [1.165, 1.54) is 0 Å². The van der Waals surface area contributed by atoms with Gasteiger partial charge in [-0.2, -0.15) is 0 Å². The van der Waals surface area contributed by atoms with Crippen LogP contribution in [0.2, 0.25) is 0 Å². The van der Waals surface area contributed by atoms with Crippen LogP contribution in [-0.4, -0.2) is 16.5 Å². The lowest BCUT2D eigenvalue weighted by Crippen LogP contribution is -2.33. The molecule has 1 atom stereocenters. The average Bonchev–Trinajstić information content (AvgIpc) is 2.27. The third-order valence-electron chi connectivity index (χ3n) is 2.69. The first-order valence-corrected chi connectivity index (χ1v) is 4.89. The number of carbonyl (C=O) groups excluding carboxylic acids is 1. The zero-order chi connectivity index (χ0) is 10.2. The molecule has 0 spiro atoms. The molecule has 0 heterocycles. The topological polar surface area (TPSA) is 37.3 Å². The maximum absolute atomic E-state index is 11.7. The normalized spacial score (nSPS) is 31.7. The summed E-state index contributed by atoms with van der Waals surface area (Å²) in [6.45, 7) is 1.73. The first-order chi connectivity index (χ1) is 6.58. The van der Waals surface area contributed by atoms with Crippen molar-refractivity contribution in [3.8, 4) is 0 Å². The summed E-state index contributed by atoms with van der Waals surface area (Å²) >= 11 is 0. The molecule has 74 valence electrons. The number of hydrogen-bond donors (Lipinski definition) is 1. The zero-order valence-electron chi connectivity index (χ0n) is 8.29. The second-order valence-electron chi connectivity index (χ2n) is 4.28. The van der Waals surface area contributed by atoms with E-state index in [9.17, 15) is 9.90 Å². The fraction of sp³-hybridized carbons (Fsp3) is 0.417. The quantitative estimate of drug-likeness (QED) is 0.633. The van der Waals surface area contributed by atoms with E-state index < -0.39 is 5.60 Å². The molecule has 0 saturated heterocycles. The maximum Gasteiger partial charge on any atom is 0.165 e. The minimum atomic E-state index is -0.845. The predicted molar refractivity (Wildman–Crippen MR) is 54.8 cm³/mol. The second kappa shape index (κ2) is 3.21. The van der Waals surface area contributed by atoms with Crippen LogP contribution in [-0.2, 0) is 4.79 Å². The molecule has 1 N–H and O–H groups in total. The van der Waals surface area contributed by atoms with Crippen molar-refractivity contribution in [1.29, 1.82) is 0 Å². The van der Waals surface area contributed by atoms with Crippen LogP contribution in [0.1, 0.15) is 26.2 Å². The van der Waals surface area contributed by atoms with Gasteiger partial charge in [-0.05, 0) is 19.8 Å². The molecule has 2 rings (SSSR count). The van der Waals surface area contributed by atoms with E-state index in [-0.39, 0.29) is 12.2 Å². The number of aliphatic hydroxyl groups is 1. The first kappa shape index (κ1) is 9.41. The van der Waals surface area contributed by atoms with Crippen LogP contribution < -0.4 is 0 Å². The largest absolute Gasteiger partial charge is 0.389 e. The van der Waals surface area contributed by atoms with Gasteiger partial charge in [-0.15, -0.1) is 0 Å². The maximum atomic E-state index is 11.7. The Morgan fingerprint density at radius 3 is 2.93 bits per heavy atom. The number of allylic oxidation sites excluding steroid dienone is 5. The Hall–Kier alpha value is -1.15. The van der Waals surface area contributed by atoms with Crippen LogP contribution in [0.3, 0.4) is 0 Å². The molecule has 2 aliphatic carbocycles. The Morgan fingerprint density at radius 1 is 1.36 bits per heavy atom. The number of Topliss-reactive ketones (excluding diaryl/α,β-unsaturated/α-hetero) is 1. The highest BCUT2D eigenvalue weighted by Gasteiger charge is 2.33. The van der Waals surface area contributed by atoms with Crippen molar-refractivity contribution in [2.75, 3.05) is 0 Å². The summed E-state index contributed by atoms with van der Waals surface area (Å²) in [6.07, 6.45) is 9.35. The van der Waals surface area contributed by atoms with Crippen LogP contribution in [0.15, 0.2) is 35.5 Å². The number of hydrogen-bond acceptors (Lipinski definition) is 2. The predicted octanol–water partition coefficient (Wildman–Crippen LogP) is 1.91. The number of carbonyl (C=O) groups is 1. The van der Waals surface area contributed by atoms with E-state index >= 15 is 0 Å². The van der Waals surface area contributed by atoms with Crippen molar-refractivity contribution in [3.63, 3.8) is 0 Å². The molecule has 0 radical (unpaired) electrons. The average molecular weight is 190 g/mol. The standard InChI is InChI=1S/C12H14O2/c1-12(14)7-9-5-3-2-4-6-10(9)11(13)8-12/h2-4,6,14H,5,7-8H2,1H3. The highest BCUT2D eigenvalue weighted by molar-refractivity contribution is 6.00. The van der Waals surface area contributed by atoms with Gasteiger partial charge >= 0.3 is 0 Å². The lowest BCUT2D eigenvalue weighted by atomic mass is 9.80. The summed E-state index contributed by atoms with van der Waals surface area (Å²) in [5.74, 6) is 0.0659. The van der Waals surface area contributed by atoms with E-state index in [1.54, 1.807) is 6.92 Å². The lowest BCUT2D eigenvalue weighted by Gasteiger charge is -2.29. The van der Waals surface area contributed by atoms with Crippen molar-refractivity contribution in [1.82, 2.24) is 0 Å². The monoisotopic (exact) mass is 190 g/mol. The van der Waals surface area contributed by atoms with Crippen LogP contribution in [0, 0.1) is 0 Å². The Kier molecular flexibility index (Phi) is 2.16. The molecule has 0 aromatic rings. The fourth-order valence-corrected chi connectivity index (χ4v) is 2.09. The minimum absolute atomic E-state index is 0.0659. The zero-order valence-corrected chi connectivity index (χ0v) is 8.29. The van der Waals surface area contributed by atoms with Crippen molar-refractivity contribution >= 4 is 5.78 Å². The van der Waals surface area contributed by atoms with E-state index in [2.05, 4.69) is 0 Å². The number of ketones is 1. The van der Waals surface area contributed by atoms with Crippen LogP contribution in [0.5, 0.6) is 0 Å². The van der Waals surface area contributed by atoms with E-state index in [1.807, 2.05) is 24.3 Å². The summed E-state index contributed by atoms with van der Waals surface area (Å²) in [6, 6.07) is 0. The van der Waals surface area contributed by atoms with Gasteiger partial charge in [0.15, 0.2) is 5.78 Å². The molecule has 14 heavy (non-hydrogen) atoms. The molecular formula is C12H14O2. The Balaban J connectivity index is 2.39. The van der Waals surface area contributed by atoms with Gasteiger partial charge in [0.05, 0.1) is 5.60 Å². The molecular weight excluding hydrogens is 176 g/mol. The SMILES string of the molecule is CC1(O)CC(=O)C2=C(CC=CC=C2)C1. The summed E-state index contributed by atoms with van der Waals surface area (Å²) in [5.41, 5.74) is 1.03. The number of rotatable bonds is 0. The van der Waals surface area contributed by atoms with Crippen molar-refractivity contribution in [3.05, 3.63) is 35.5 Å². The van der Waals surface area contributed by atoms with E-state index in [0.717, 1.165) is 17.6 Å². The van der Waals surface area contributed by atoms with Gasteiger partial charge < -0.3 is 5.11 Å². The van der Waals surface area contributed by atoms with E-state index in [4.69, 9.17) is 0 Å². The molecule has 2 nitrogen and oxygen atoms in total. The molecule has 0 bridgehead atoms.